The maximum atomic E-state index is 13.7. The van der Waals surface area contributed by atoms with Crippen molar-refractivity contribution in [1.82, 2.24) is 0 Å². The van der Waals surface area contributed by atoms with E-state index in [-0.39, 0.29) is 28.4 Å². The predicted molar refractivity (Wildman–Crippen MR) is 222 cm³/mol. The quantitative estimate of drug-likeness (QED) is 0.1000. The summed E-state index contributed by atoms with van der Waals surface area (Å²) in [6, 6.07) is 31.9. The molecule has 0 amide bonds. The zero-order chi connectivity index (χ0) is 38.3. The Labute approximate surface area is 330 Å². The van der Waals surface area contributed by atoms with Gasteiger partial charge in [-0.15, -0.1) is 22.7 Å². The molecule has 6 aromatic rings. The van der Waals surface area contributed by atoms with E-state index in [0.717, 1.165) is 55.6 Å². The zero-order valence-electron chi connectivity index (χ0n) is 29.7. The third-order valence-electron chi connectivity index (χ3n) is 11.8. The summed E-state index contributed by atoms with van der Waals surface area (Å²) >= 11 is 3.20. The van der Waals surface area contributed by atoms with Gasteiger partial charge >= 0.3 is 0 Å². The van der Waals surface area contributed by atoms with E-state index in [1.54, 1.807) is 59.1 Å². The van der Waals surface area contributed by atoms with Crippen molar-refractivity contribution in [3.8, 4) is 23.3 Å². The minimum absolute atomic E-state index is 0.0862. The fraction of sp³-hybridized carbons (Fsp3) is 0.125. The van der Waals surface area contributed by atoms with Crippen molar-refractivity contribution >= 4 is 77.7 Å². The van der Waals surface area contributed by atoms with Gasteiger partial charge in [0.15, 0.2) is 11.6 Å². The Morgan fingerprint density at radius 2 is 1.04 bits per heavy atom. The van der Waals surface area contributed by atoms with Crippen molar-refractivity contribution in [2.45, 2.75) is 37.5 Å². The monoisotopic (exact) mass is 754 g/mol. The van der Waals surface area contributed by atoms with Gasteiger partial charge in [-0.1, -0.05) is 67.8 Å². The Morgan fingerprint density at radius 3 is 1.45 bits per heavy atom. The smallest absolute Gasteiger partial charge is 0.270 e. The first-order valence-electron chi connectivity index (χ1n) is 18.3. The molecule has 0 unspecified atom stereocenters. The third-order valence-corrected chi connectivity index (χ3v) is 13.9. The molecule has 1 fully saturated rings. The normalized spacial score (nSPS) is 19.4. The maximum Gasteiger partial charge on any atom is 0.270 e. The van der Waals surface area contributed by atoms with Crippen LogP contribution < -0.4 is 0 Å². The maximum absolute atomic E-state index is 13.7. The Bertz CT molecular complexity index is 2910. The van der Waals surface area contributed by atoms with Crippen molar-refractivity contribution in [1.29, 1.82) is 10.5 Å². The molecule has 4 aliphatic carbocycles. The van der Waals surface area contributed by atoms with Gasteiger partial charge in [0.25, 0.3) is 11.4 Å². The van der Waals surface area contributed by atoms with Gasteiger partial charge in [0.05, 0.1) is 25.3 Å². The van der Waals surface area contributed by atoms with Gasteiger partial charge in [0, 0.05) is 58.0 Å². The first-order valence-corrected chi connectivity index (χ1v) is 19.9. The van der Waals surface area contributed by atoms with E-state index in [1.165, 1.54) is 28.7 Å². The lowest BCUT2D eigenvalue weighted by Crippen LogP contribution is -2.28. The highest BCUT2D eigenvalue weighted by atomic mass is 32.1. The summed E-state index contributed by atoms with van der Waals surface area (Å²) in [6.07, 6.45) is 9.26. The van der Waals surface area contributed by atoms with Crippen LogP contribution in [-0.2, 0) is 5.41 Å². The second-order valence-corrected chi connectivity index (χ2v) is 16.8. The Balaban J connectivity index is 1.10. The van der Waals surface area contributed by atoms with Gasteiger partial charge < -0.3 is 0 Å². The Hall–Kier alpha value is -6.94. The summed E-state index contributed by atoms with van der Waals surface area (Å²) < 4.78 is 2.19. The molecule has 1 spiro atoms. The van der Waals surface area contributed by atoms with Crippen molar-refractivity contribution in [3.05, 3.63) is 173 Å². The first-order chi connectivity index (χ1) is 27.4. The van der Waals surface area contributed by atoms with Crippen LogP contribution in [0.15, 0.2) is 107 Å². The number of carbonyl (C=O) groups excluding carboxylic acids is 2. The van der Waals surface area contributed by atoms with Gasteiger partial charge in [0.1, 0.15) is 0 Å². The SMILES string of the molecule is [C-]#[N+]C(C#N)=C1/C(=C/c2cc3cc4c(cc3s2)-c2cc3sc(/C=C5\C(=O)c6ccccc6\C5=C(\C#N)[N+]#[C-])cc3cc2C42CCCCC2)C(=O)c2ccccc21. The topological polar surface area (TPSA) is 90.4 Å². The van der Waals surface area contributed by atoms with Crippen LogP contribution in [0.4, 0.5) is 0 Å². The van der Waals surface area contributed by atoms with Crippen LogP contribution >= 0.6 is 22.7 Å². The van der Waals surface area contributed by atoms with E-state index < -0.39 is 0 Å². The number of benzene rings is 4. The summed E-state index contributed by atoms with van der Waals surface area (Å²) in [5.74, 6) is -0.356. The lowest BCUT2D eigenvalue weighted by molar-refractivity contribution is 0.103. The van der Waals surface area contributed by atoms with Crippen LogP contribution in [-0.4, -0.2) is 11.6 Å². The van der Waals surface area contributed by atoms with Gasteiger partial charge in [0.2, 0.25) is 0 Å². The molecule has 0 radical (unpaired) electrons. The molecule has 56 heavy (non-hydrogen) atoms. The summed E-state index contributed by atoms with van der Waals surface area (Å²) in [5.41, 5.74) is 8.64. The molecule has 0 bridgehead atoms. The predicted octanol–water partition coefficient (Wildman–Crippen LogP) is 12.2. The van der Waals surface area contributed by atoms with Crippen LogP contribution in [0.2, 0.25) is 0 Å². The van der Waals surface area contributed by atoms with E-state index in [9.17, 15) is 20.1 Å². The molecule has 1 saturated carbocycles. The number of hydrogen-bond acceptors (Lipinski definition) is 6. The third kappa shape index (κ3) is 4.74. The molecule has 0 saturated heterocycles. The number of rotatable bonds is 2. The highest BCUT2D eigenvalue weighted by Gasteiger charge is 2.44. The molecular weight excluding hydrogens is 729 g/mol. The van der Waals surface area contributed by atoms with Gasteiger partial charge in [-0.05, 0) is 106 Å². The molecule has 8 heteroatoms. The number of Topliss-reactive ketones (excluding diaryl/α,β-unsaturated/α-hetero) is 2. The molecule has 2 heterocycles. The molecule has 0 N–H and O–H groups in total. The van der Waals surface area contributed by atoms with E-state index in [0.29, 0.717) is 44.5 Å². The number of nitriles is 2. The highest BCUT2D eigenvalue weighted by Crippen LogP contribution is 2.58. The molecule has 0 aliphatic heterocycles. The summed E-state index contributed by atoms with van der Waals surface area (Å²) in [5, 5.41) is 21.9. The average Bonchev–Trinajstić information content (AvgIpc) is 4.01. The van der Waals surface area contributed by atoms with E-state index in [1.807, 2.05) is 36.4 Å². The second-order valence-electron chi connectivity index (χ2n) is 14.6. The highest BCUT2D eigenvalue weighted by molar-refractivity contribution is 7.20. The minimum Gasteiger partial charge on any atom is -0.289 e. The van der Waals surface area contributed by atoms with Crippen molar-refractivity contribution in [2.24, 2.45) is 0 Å². The van der Waals surface area contributed by atoms with Crippen LogP contribution in [0.5, 0.6) is 0 Å². The molecule has 6 nitrogen and oxygen atoms in total. The van der Waals surface area contributed by atoms with Crippen LogP contribution in [0, 0.1) is 35.8 Å². The largest absolute Gasteiger partial charge is 0.289 e. The van der Waals surface area contributed by atoms with E-state index >= 15 is 0 Å². The van der Waals surface area contributed by atoms with Crippen molar-refractivity contribution < 1.29 is 9.59 Å². The summed E-state index contributed by atoms with van der Waals surface area (Å²) in [6.45, 7) is 15.3. The molecular formula is C48H26N4O2S2. The van der Waals surface area contributed by atoms with Gasteiger partial charge in [-0.3, -0.25) is 9.59 Å². The Morgan fingerprint density at radius 1 is 0.607 bits per heavy atom. The fourth-order valence-electron chi connectivity index (χ4n) is 9.38. The molecule has 262 valence electrons. The van der Waals surface area contributed by atoms with Crippen LogP contribution in [0.3, 0.4) is 0 Å². The number of nitrogens with zero attached hydrogens (tertiary/aromatic N) is 4. The molecule has 10 rings (SSSR count). The van der Waals surface area contributed by atoms with Crippen molar-refractivity contribution in [3.63, 3.8) is 0 Å². The minimum atomic E-state index is -0.178. The van der Waals surface area contributed by atoms with Crippen molar-refractivity contribution in [2.75, 3.05) is 0 Å². The standard InChI is InChI=1S/C48H26N4O2S2/c1-51-40(24-49)44-30-10-4-6-12-32(30)46(53)36(44)20-28-16-26-18-38-34(22-42(26)55-28)35-23-43-27(19-39(35)48(38)14-8-3-9-15-48)17-29(56-43)21-37-45(41(25-50)52-2)31-11-5-7-13-33(31)47(37)54/h4-7,10-13,16-23H,3,8-9,14-15H2/b36-20-,37-21-,44-40+,45-41?. The van der Waals surface area contributed by atoms with Gasteiger partial charge in [-0.25, -0.2) is 20.2 Å². The van der Waals surface area contributed by atoms with E-state index in [4.69, 9.17) is 13.1 Å². The van der Waals surface area contributed by atoms with Gasteiger partial charge in [-0.2, -0.15) is 0 Å². The molecule has 0 atom stereocenters. The molecule has 4 aliphatic rings. The Kier molecular flexibility index (Phi) is 7.54. The number of hydrogen-bond donors (Lipinski definition) is 0. The lowest BCUT2D eigenvalue weighted by Gasteiger charge is -2.36. The molecule has 4 aromatic carbocycles. The number of fused-ring (bicyclic) bond motifs is 9. The van der Waals surface area contributed by atoms with Crippen LogP contribution in [0.25, 0.3) is 64.3 Å². The molecule has 2 aromatic heterocycles. The lowest BCUT2D eigenvalue weighted by atomic mass is 9.67. The average molecular weight is 755 g/mol. The first kappa shape index (κ1) is 33.6. The number of ketones is 2. The zero-order valence-corrected chi connectivity index (χ0v) is 31.3. The number of thiophene rings is 2. The van der Waals surface area contributed by atoms with Crippen LogP contribution in [0.1, 0.15) is 84.8 Å². The fourth-order valence-corrected chi connectivity index (χ4v) is 11.4. The number of carbonyl (C=O) groups is 2. The summed E-state index contributed by atoms with van der Waals surface area (Å²) in [7, 11) is 0. The number of allylic oxidation sites excluding steroid dienone is 6. The van der Waals surface area contributed by atoms with E-state index in [2.05, 4.69) is 46.1 Å². The second kappa shape index (κ2) is 12.6. The summed E-state index contributed by atoms with van der Waals surface area (Å²) in [4.78, 5) is 36.1.